The van der Waals surface area contributed by atoms with Crippen LogP contribution in [-0.2, 0) is 4.79 Å². The topological polar surface area (TPSA) is 42.0 Å². The Balaban J connectivity index is 1.76. The van der Waals surface area contributed by atoms with Gasteiger partial charge in [0.05, 0.1) is 9.72 Å². The maximum atomic E-state index is 11.8. The van der Waals surface area contributed by atoms with E-state index in [0.29, 0.717) is 10.2 Å². The summed E-state index contributed by atoms with van der Waals surface area (Å²) < 4.78 is 0.954. The van der Waals surface area contributed by atoms with Crippen LogP contribution in [0, 0.1) is 0 Å². The smallest absolute Gasteiger partial charge is 0.250 e. The van der Waals surface area contributed by atoms with Gasteiger partial charge in [-0.2, -0.15) is 0 Å². The molecule has 0 radical (unpaired) electrons. The average Bonchev–Trinajstić information content (AvgIpc) is 3.05. The van der Waals surface area contributed by atoms with Gasteiger partial charge in [-0.25, -0.2) is 4.98 Å². The monoisotopic (exact) mass is 320 g/mol. The lowest BCUT2D eigenvalue weighted by Gasteiger charge is -1.94. The van der Waals surface area contributed by atoms with Crippen LogP contribution in [0.1, 0.15) is 4.88 Å². The van der Waals surface area contributed by atoms with Gasteiger partial charge >= 0.3 is 0 Å². The molecule has 3 nitrogen and oxygen atoms in total. The van der Waals surface area contributed by atoms with Crippen LogP contribution in [0.5, 0.6) is 0 Å². The molecule has 2 aromatic heterocycles. The molecule has 1 amide bonds. The van der Waals surface area contributed by atoms with Crippen molar-refractivity contribution in [3.05, 3.63) is 51.7 Å². The molecule has 0 unspecified atom stereocenters. The van der Waals surface area contributed by atoms with Crippen LogP contribution in [-0.4, -0.2) is 10.9 Å². The number of anilines is 1. The van der Waals surface area contributed by atoms with Crippen molar-refractivity contribution in [3.63, 3.8) is 0 Å². The summed E-state index contributed by atoms with van der Waals surface area (Å²) in [4.78, 5) is 17.2. The van der Waals surface area contributed by atoms with Crippen LogP contribution < -0.4 is 5.32 Å². The molecular weight excluding hydrogens is 312 g/mol. The third-order valence-corrected chi connectivity index (χ3v) is 4.62. The second kappa shape index (κ2) is 5.75. The largest absolute Gasteiger partial charge is 0.298 e. The van der Waals surface area contributed by atoms with Gasteiger partial charge in [-0.15, -0.1) is 11.3 Å². The van der Waals surface area contributed by atoms with E-state index in [2.05, 4.69) is 10.3 Å². The highest BCUT2D eigenvalue weighted by atomic mass is 35.5. The Kier molecular flexibility index (Phi) is 3.82. The molecule has 20 heavy (non-hydrogen) atoms. The minimum Gasteiger partial charge on any atom is -0.298 e. The second-order valence-corrected chi connectivity index (χ2v) is 6.36. The number of hydrogen-bond acceptors (Lipinski definition) is 4. The first kappa shape index (κ1) is 13.3. The molecule has 3 rings (SSSR count). The Morgan fingerprint density at radius 3 is 2.95 bits per heavy atom. The minimum absolute atomic E-state index is 0.200. The van der Waals surface area contributed by atoms with Crippen LogP contribution in [0.25, 0.3) is 16.3 Å². The lowest BCUT2D eigenvalue weighted by molar-refractivity contribution is -0.111. The number of thiazole rings is 1. The molecule has 0 atom stereocenters. The molecule has 0 fully saturated rings. The fourth-order valence-electron chi connectivity index (χ4n) is 1.66. The highest BCUT2D eigenvalue weighted by Crippen LogP contribution is 2.30. The number of carbonyl (C=O) groups is 1. The molecule has 0 bridgehead atoms. The van der Waals surface area contributed by atoms with Crippen LogP contribution in [0.2, 0.25) is 5.02 Å². The lowest BCUT2D eigenvalue weighted by Crippen LogP contribution is -2.06. The maximum Gasteiger partial charge on any atom is 0.250 e. The van der Waals surface area contributed by atoms with Crippen molar-refractivity contribution in [1.82, 2.24) is 4.98 Å². The van der Waals surface area contributed by atoms with Crippen LogP contribution >= 0.6 is 34.3 Å². The highest BCUT2D eigenvalue weighted by molar-refractivity contribution is 7.22. The number of hydrogen-bond donors (Lipinski definition) is 1. The number of nitrogens with zero attached hydrogens (tertiary/aromatic N) is 1. The Morgan fingerprint density at radius 1 is 1.30 bits per heavy atom. The number of rotatable bonds is 3. The molecular formula is C14H9ClN2OS2. The number of halogens is 1. The van der Waals surface area contributed by atoms with E-state index in [1.165, 1.54) is 17.4 Å². The zero-order valence-corrected chi connectivity index (χ0v) is 12.6. The number of nitrogens with one attached hydrogen (secondary N) is 1. The van der Waals surface area contributed by atoms with Crippen molar-refractivity contribution in [1.29, 1.82) is 0 Å². The predicted molar refractivity (Wildman–Crippen MR) is 86.6 cm³/mol. The van der Waals surface area contributed by atoms with Gasteiger partial charge < -0.3 is 0 Å². The van der Waals surface area contributed by atoms with Crippen LogP contribution in [0.4, 0.5) is 5.13 Å². The first-order valence-electron chi connectivity index (χ1n) is 5.80. The first-order chi connectivity index (χ1) is 9.72. The fourth-order valence-corrected chi connectivity index (χ4v) is 3.45. The van der Waals surface area contributed by atoms with E-state index < -0.39 is 0 Å². The summed E-state index contributed by atoms with van der Waals surface area (Å²) in [6, 6.07) is 9.47. The van der Waals surface area contributed by atoms with E-state index in [1.54, 1.807) is 23.5 Å². The minimum atomic E-state index is -0.200. The Bertz CT molecular complexity index is 778. The summed E-state index contributed by atoms with van der Waals surface area (Å²) in [7, 11) is 0. The van der Waals surface area contributed by atoms with Crippen LogP contribution in [0.15, 0.2) is 41.8 Å². The Morgan fingerprint density at radius 2 is 2.20 bits per heavy atom. The van der Waals surface area contributed by atoms with Crippen molar-refractivity contribution in [2.45, 2.75) is 0 Å². The number of aromatic nitrogens is 1. The summed E-state index contributed by atoms with van der Waals surface area (Å²) in [6.07, 6.45) is 3.28. The van der Waals surface area contributed by atoms with E-state index >= 15 is 0 Å². The highest BCUT2D eigenvalue weighted by Gasteiger charge is 2.08. The molecule has 0 aliphatic carbocycles. The van der Waals surface area contributed by atoms with Crippen molar-refractivity contribution in [3.8, 4) is 0 Å². The maximum absolute atomic E-state index is 11.8. The predicted octanol–water partition coefficient (Wildman–Crippen LogP) is 4.66. The van der Waals surface area contributed by atoms with Gasteiger partial charge in [0.2, 0.25) is 5.91 Å². The van der Waals surface area contributed by atoms with Crippen molar-refractivity contribution in [2.24, 2.45) is 0 Å². The summed E-state index contributed by atoms with van der Waals surface area (Å²) in [5.41, 5.74) is 0.719. The van der Waals surface area contributed by atoms with Gasteiger partial charge in [0.25, 0.3) is 0 Å². The lowest BCUT2D eigenvalue weighted by atomic mass is 10.3. The molecule has 0 saturated heterocycles. The van der Waals surface area contributed by atoms with Gasteiger partial charge in [-0.1, -0.05) is 35.1 Å². The number of thiophene rings is 1. The Labute approximate surface area is 128 Å². The third-order valence-electron chi connectivity index (χ3n) is 2.54. The molecule has 0 saturated carbocycles. The molecule has 6 heteroatoms. The van der Waals surface area contributed by atoms with E-state index in [4.69, 9.17) is 11.6 Å². The van der Waals surface area contributed by atoms with E-state index in [0.717, 1.165) is 15.1 Å². The van der Waals surface area contributed by atoms with Gasteiger partial charge in [-0.05, 0) is 29.7 Å². The molecule has 1 aromatic carbocycles. The van der Waals surface area contributed by atoms with Crippen LogP contribution in [0.3, 0.4) is 0 Å². The summed E-state index contributed by atoms with van der Waals surface area (Å²) in [5.74, 6) is -0.200. The second-order valence-electron chi connectivity index (χ2n) is 3.94. The van der Waals surface area contributed by atoms with Gasteiger partial charge in [-0.3, -0.25) is 10.1 Å². The number of amides is 1. The van der Waals surface area contributed by atoms with Gasteiger partial charge in [0, 0.05) is 11.0 Å². The standard InChI is InChI=1S/C14H9ClN2OS2/c15-10-4-1-5-11-13(10)17-14(20-11)16-12(18)7-6-9-3-2-8-19-9/h1-8H,(H,16,17,18). The molecule has 2 heterocycles. The molecule has 1 N–H and O–H groups in total. The molecule has 0 aliphatic rings. The van der Waals surface area contributed by atoms with Crippen molar-refractivity contribution in [2.75, 3.05) is 5.32 Å². The average molecular weight is 321 g/mol. The quantitative estimate of drug-likeness (QED) is 0.713. The van der Waals surface area contributed by atoms with Crippen molar-refractivity contribution < 1.29 is 4.79 Å². The normalized spacial score (nSPS) is 11.2. The summed E-state index contributed by atoms with van der Waals surface area (Å²) in [5, 5.41) is 5.86. The molecule has 3 aromatic rings. The van der Waals surface area contributed by atoms with Crippen molar-refractivity contribution >= 4 is 61.6 Å². The van der Waals surface area contributed by atoms with E-state index in [-0.39, 0.29) is 5.91 Å². The summed E-state index contributed by atoms with van der Waals surface area (Å²) in [6.45, 7) is 0. The SMILES string of the molecule is O=C(C=Cc1cccs1)Nc1nc2c(Cl)cccc2s1. The molecule has 100 valence electrons. The number of fused-ring (bicyclic) bond motifs is 1. The Hall–Kier alpha value is -1.69. The fraction of sp³-hybridized carbons (Fsp3) is 0. The number of benzene rings is 1. The van der Waals surface area contributed by atoms with E-state index in [1.807, 2.05) is 29.6 Å². The first-order valence-corrected chi connectivity index (χ1v) is 7.87. The van der Waals surface area contributed by atoms with E-state index in [9.17, 15) is 4.79 Å². The zero-order valence-electron chi connectivity index (χ0n) is 10.2. The third kappa shape index (κ3) is 2.90. The molecule has 0 aliphatic heterocycles. The zero-order chi connectivity index (χ0) is 13.9. The van der Waals surface area contributed by atoms with Gasteiger partial charge in [0.1, 0.15) is 5.52 Å². The summed E-state index contributed by atoms with van der Waals surface area (Å²) >= 11 is 9.04. The molecule has 0 spiro atoms. The van der Waals surface area contributed by atoms with Gasteiger partial charge in [0.15, 0.2) is 5.13 Å². The number of para-hydroxylation sites is 1. The number of carbonyl (C=O) groups excluding carboxylic acids is 1.